The Bertz CT molecular complexity index is 416. The van der Waals surface area contributed by atoms with Crippen molar-refractivity contribution in [3.63, 3.8) is 0 Å². The predicted octanol–water partition coefficient (Wildman–Crippen LogP) is 3.52. The molecule has 3 heterocycles. The van der Waals surface area contributed by atoms with Gasteiger partial charge in [0.1, 0.15) is 0 Å². The number of aromatic amines is 3. The van der Waals surface area contributed by atoms with Crippen molar-refractivity contribution in [3.05, 3.63) is 98.1 Å². The molecule has 0 saturated carbocycles. The third-order valence-electron chi connectivity index (χ3n) is 1.97. The van der Waals surface area contributed by atoms with Crippen LogP contribution in [-0.2, 0) is 0 Å². The number of nitrogens with one attached hydrogen (secondary N) is 3. The summed E-state index contributed by atoms with van der Waals surface area (Å²) in [5, 5.41) is 6.21. The molecule has 5 nitrogen and oxygen atoms in total. The van der Waals surface area contributed by atoms with Gasteiger partial charge in [-0.1, -0.05) is 36.4 Å². The molecule has 0 amide bonds. The minimum absolute atomic E-state index is 1.62. The van der Waals surface area contributed by atoms with E-state index in [0.29, 0.717) is 0 Å². The van der Waals surface area contributed by atoms with Gasteiger partial charge >= 0.3 is 0 Å². The van der Waals surface area contributed by atoms with Crippen LogP contribution in [0.1, 0.15) is 0 Å². The summed E-state index contributed by atoms with van der Waals surface area (Å²) >= 11 is 0. The number of aromatic nitrogens is 5. The van der Waals surface area contributed by atoms with Crippen LogP contribution in [0.5, 0.6) is 0 Å². The van der Waals surface area contributed by atoms with Crippen LogP contribution in [0.15, 0.2) is 98.1 Å². The molecule has 3 N–H and O–H groups in total. The van der Waals surface area contributed by atoms with Crippen molar-refractivity contribution in [2.45, 2.75) is 0 Å². The fraction of sp³-hybridized carbons (Fsp3) is 0. The molecule has 0 unspecified atom stereocenters. The molecule has 21 heavy (non-hydrogen) atoms. The van der Waals surface area contributed by atoms with E-state index in [1.54, 1.807) is 31.1 Å². The van der Waals surface area contributed by atoms with Gasteiger partial charge in [0.05, 0.1) is 6.33 Å². The van der Waals surface area contributed by atoms with Crippen molar-refractivity contribution in [1.82, 2.24) is 25.1 Å². The van der Waals surface area contributed by atoms with E-state index < -0.39 is 0 Å². The van der Waals surface area contributed by atoms with Gasteiger partial charge in [0.25, 0.3) is 0 Å². The second-order valence-electron chi connectivity index (χ2n) is 3.57. The van der Waals surface area contributed by atoms with Crippen LogP contribution in [-0.4, -0.2) is 25.1 Å². The van der Waals surface area contributed by atoms with Gasteiger partial charge in [0.2, 0.25) is 0 Å². The molecule has 0 aliphatic carbocycles. The highest BCUT2D eigenvalue weighted by molar-refractivity contribution is 4.99. The van der Waals surface area contributed by atoms with Gasteiger partial charge in [0.15, 0.2) is 0 Å². The third-order valence-corrected chi connectivity index (χ3v) is 1.97. The van der Waals surface area contributed by atoms with Crippen molar-refractivity contribution in [1.29, 1.82) is 0 Å². The Morgan fingerprint density at radius 3 is 1.38 bits per heavy atom. The molecular formula is C16H19N5. The maximum atomic E-state index is 3.67. The molecule has 0 spiro atoms. The monoisotopic (exact) mass is 281 g/mol. The summed E-state index contributed by atoms with van der Waals surface area (Å²) in [6.07, 6.45) is 12.3. The number of H-pyrrole nitrogens is 3. The lowest BCUT2D eigenvalue weighted by Crippen LogP contribution is -1.53. The Morgan fingerprint density at radius 1 is 0.524 bits per heavy atom. The molecule has 0 fully saturated rings. The van der Waals surface area contributed by atoms with E-state index in [0.717, 1.165) is 0 Å². The van der Waals surface area contributed by atoms with Crippen LogP contribution >= 0.6 is 0 Å². The first-order valence-electron chi connectivity index (χ1n) is 6.44. The van der Waals surface area contributed by atoms with Crippen molar-refractivity contribution < 1.29 is 0 Å². The van der Waals surface area contributed by atoms with E-state index in [-0.39, 0.29) is 0 Å². The Labute approximate surface area is 124 Å². The molecule has 4 rings (SSSR count). The first-order valence-corrected chi connectivity index (χ1v) is 6.44. The average molecular weight is 281 g/mol. The molecule has 0 bridgehead atoms. The third kappa shape index (κ3) is 11.7. The smallest absolute Gasteiger partial charge is 0.0919 e. The fourth-order valence-electron chi connectivity index (χ4n) is 1.09. The number of imidazole rings is 1. The highest BCUT2D eigenvalue weighted by atomic mass is 15.1. The summed E-state index contributed by atoms with van der Waals surface area (Å²) in [5.74, 6) is 0. The molecule has 108 valence electrons. The van der Waals surface area contributed by atoms with E-state index in [9.17, 15) is 0 Å². The van der Waals surface area contributed by atoms with Crippen molar-refractivity contribution >= 4 is 0 Å². The summed E-state index contributed by atoms with van der Waals surface area (Å²) in [4.78, 5) is 9.28. The Kier molecular flexibility index (Phi) is 10.2. The molecule has 0 aliphatic heterocycles. The highest BCUT2D eigenvalue weighted by Gasteiger charge is 1.58. The lowest BCUT2D eigenvalue weighted by Gasteiger charge is -1.69. The molecule has 3 aromatic heterocycles. The summed E-state index contributed by atoms with van der Waals surface area (Å²) in [7, 11) is 0. The summed E-state index contributed by atoms with van der Waals surface area (Å²) in [6.45, 7) is 0. The number of hydrogen-bond acceptors (Lipinski definition) is 2. The van der Waals surface area contributed by atoms with E-state index in [4.69, 9.17) is 0 Å². The minimum Gasteiger partial charge on any atom is -0.368 e. The SMILES string of the molecule is c1c[nH]cn1.c1cc[nH]c1.c1ccccc1.c1cn[nH]c1. The zero-order valence-corrected chi connectivity index (χ0v) is 11.6. The molecule has 1 aromatic carbocycles. The van der Waals surface area contributed by atoms with Gasteiger partial charge in [-0.25, -0.2) is 4.98 Å². The molecular weight excluding hydrogens is 262 g/mol. The first kappa shape index (κ1) is 16.0. The molecule has 0 aliphatic rings. The van der Waals surface area contributed by atoms with Crippen LogP contribution in [0.25, 0.3) is 0 Å². The highest BCUT2D eigenvalue weighted by Crippen LogP contribution is 1.79. The second-order valence-corrected chi connectivity index (χ2v) is 3.57. The maximum Gasteiger partial charge on any atom is 0.0919 e. The number of benzene rings is 1. The van der Waals surface area contributed by atoms with Crippen LogP contribution in [0, 0.1) is 0 Å². The molecule has 4 aromatic rings. The van der Waals surface area contributed by atoms with Gasteiger partial charge in [-0.2, -0.15) is 5.10 Å². The Hall–Kier alpha value is -3.08. The zero-order chi connectivity index (χ0) is 14.8. The Balaban J connectivity index is 0.000000140. The lowest BCUT2D eigenvalue weighted by molar-refractivity contribution is 1.09. The number of nitrogens with zero attached hydrogens (tertiary/aromatic N) is 2. The maximum absolute atomic E-state index is 3.67. The average Bonchev–Trinajstić information content (AvgIpc) is 3.38. The van der Waals surface area contributed by atoms with Crippen molar-refractivity contribution in [2.75, 3.05) is 0 Å². The van der Waals surface area contributed by atoms with E-state index in [1.165, 1.54) is 0 Å². The van der Waals surface area contributed by atoms with Crippen molar-refractivity contribution in [2.24, 2.45) is 0 Å². The zero-order valence-electron chi connectivity index (χ0n) is 11.6. The summed E-state index contributed by atoms with van der Waals surface area (Å²) in [5.41, 5.74) is 0. The topological polar surface area (TPSA) is 73.2 Å². The van der Waals surface area contributed by atoms with Gasteiger partial charge in [-0.3, -0.25) is 5.10 Å². The van der Waals surface area contributed by atoms with E-state index in [2.05, 4.69) is 25.1 Å². The van der Waals surface area contributed by atoms with E-state index >= 15 is 0 Å². The van der Waals surface area contributed by atoms with E-state index in [1.807, 2.05) is 67.0 Å². The largest absolute Gasteiger partial charge is 0.368 e. The number of hydrogen-bond donors (Lipinski definition) is 3. The van der Waals surface area contributed by atoms with Gasteiger partial charge in [0, 0.05) is 37.2 Å². The van der Waals surface area contributed by atoms with Crippen LogP contribution < -0.4 is 0 Å². The Morgan fingerprint density at radius 2 is 1.19 bits per heavy atom. The quantitative estimate of drug-likeness (QED) is 0.461. The van der Waals surface area contributed by atoms with Crippen LogP contribution in [0.2, 0.25) is 0 Å². The molecule has 0 saturated heterocycles. The van der Waals surface area contributed by atoms with Gasteiger partial charge in [-0.15, -0.1) is 0 Å². The minimum atomic E-state index is 1.62. The fourth-order valence-corrected chi connectivity index (χ4v) is 1.09. The molecule has 0 radical (unpaired) electrons. The summed E-state index contributed by atoms with van der Waals surface area (Å²) in [6, 6.07) is 17.7. The van der Waals surface area contributed by atoms with Crippen LogP contribution in [0.4, 0.5) is 0 Å². The summed E-state index contributed by atoms with van der Waals surface area (Å²) < 4.78 is 0. The number of rotatable bonds is 0. The lowest BCUT2D eigenvalue weighted by atomic mass is 10.4. The standard InChI is InChI=1S/C6H6.C4H5N.2C3H4N2/c1-2-4-6-5-3-1;1-2-4-5-3-1;1-2-5-3-4-1;1-2-4-5-3-1/h1-6H;1-5H;2*1-3H,(H,4,5). The van der Waals surface area contributed by atoms with Gasteiger partial charge in [-0.05, 0) is 18.2 Å². The molecule has 0 atom stereocenters. The van der Waals surface area contributed by atoms with Gasteiger partial charge < -0.3 is 9.97 Å². The molecule has 5 heteroatoms. The second kappa shape index (κ2) is 13.4. The normalized spacial score (nSPS) is 8.00. The first-order chi connectivity index (χ1) is 10.5. The predicted molar refractivity (Wildman–Crippen MR) is 84.4 cm³/mol. The van der Waals surface area contributed by atoms with Crippen LogP contribution in [0.3, 0.4) is 0 Å². The van der Waals surface area contributed by atoms with Crippen molar-refractivity contribution in [3.8, 4) is 0 Å².